The third-order valence-electron chi connectivity index (χ3n) is 3.44. The van der Waals surface area contributed by atoms with Crippen LogP contribution in [0, 0.1) is 0 Å². The first-order chi connectivity index (χ1) is 9.40. The molecule has 3 heteroatoms. The molecule has 0 saturated heterocycles. The number of thiazole rings is 1. The van der Waals surface area contributed by atoms with E-state index in [2.05, 4.69) is 35.3 Å². The number of fused-ring (bicyclic) bond motifs is 3. The number of pyridine rings is 1. The van der Waals surface area contributed by atoms with Crippen LogP contribution >= 0.6 is 11.3 Å². The van der Waals surface area contributed by atoms with Crippen LogP contribution in [-0.2, 0) is 12.8 Å². The van der Waals surface area contributed by atoms with Crippen LogP contribution < -0.4 is 0 Å². The molecule has 0 radical (unpaired) electrons. The number of benzene rings is 1. The molecule has 0 saturated carbocycles. The van der Waals surface area contributed by atoms with Crippen molar-refractivity contribution in [3.63, 3.8) is 0 Å². The molecule has 1 aromatic carbocycles. The normalized spacial score (nSPS) is 12.2. The number of hydrogen-bond acceptors (Lipinski definition) is 3. The zero-order valence-electron chi connectivity index (χ0n) is 10.3. The smallest absolute Gasteiger partial charge is 0.0980 e. The van der Waals surface area contributed by atoms with Crippen molar-refractivity contribution >= 4 is 11.3 Å². The summed E-state index contributed by atoms with van der Waals surface area (Å²) in [7, 11) is 0. The van der Waals surface area contributed by atoms with E-state index in [0.717, 1.165) is 12.8 Å². The highest BCUT2D eigenvalue weighted by atomic mass is 32.1. The van der Waals surface area contributed by atoms with Crippen LogP contribution in [0.5, 0.6) is 0 Å². The van der Waals surface area contributed by atoms with Crippen molar-refractivity contribution in [2.45, 2.75) is 12.8 Å². The van der Waals surface area contributed by atoms with Gasteiger partial charge in [-0.1, -0.05) is 30.3 Å². The summed E-state index contributed by atoms with van der Waals surface area (Å²) in [6.45, 7) is 0. The molecule has 92 valence electrons. The lowest BCUT2D eigenvalue weighted by Crippen LogP contribution is -1.88. The summed E-state index contributed by atoms with van der Waals surface area (Å²) in [4.78, 5) is 10.4. The molecule has 0 bridgehead atoms. The second kappa shape index (κ2) is 4.28. The molecule has 0 N–H and O–H groups in total. The summed E-state index contributed by atoms with van der Waals surface area (Å²) in [5.74, 6) is 0. The fourth-order valence-corrected chi connectivity index (χ4v) is 3.70. The summed E-state index contributed by atoms with van der Waals surface area (Å²) >= 11 is 1.83. The van der Waals surface area contributed by atoms with Gasteiger partial charge in [-0.15, -0.1) is 11.3 Å². The van der Waals surface area contributed by atoms with Crippen LogP contribution in [0.3, 0.4) is 0 Å². The van der Waals surface area contributed by atoms with E-state index in [-0.39, 0.29) is 0 Å². The van der Waals surface area contributed by atoms with Crippen molar-refractivity contribution in [3.05, 3.63) is 69.8 Å². The third kappa shape index (κ3) is 1.87. The third-order valence-corrected chi connectivity index (χ3v) is 4.50. The van der Waals surface area contributed by atoms with E-state index < -0.39 is 0 Å². The second-order valence-corrected chi connectivity index (χ2v) is 5.92. The number of rotatable bonds is 2. The average Bonchev–Trinajstić information content (AvgIpc) is 2.97. The first-order valence-corrected chi connectivity index (χ1v) is 7.17. The summed E-state index contributed by atoms with van der Waals surface area (Å²) < 4.78 is 0. The summed E-state index contributed by atoms with van der Waals surface area (Å²) in [5, 5.41) is 1.19. The quantitative estimate of drug-likeness (QED) is 0.551. The Morgan fingerprint density at radius 3 is 2.95 bits per heavy atom. The standard InChI is InChI=1S/C16H12N2S/c1-2-6-13-12(5-1)9-14-16(13)18-15(19-14)8-11-4-3-7-17-10-11/h1-7,10H,8-9H2. The molecule has 2 aromatic heterocycles. The van der Waals surface area contributed by atoms with Gasteiger partial charge in [-0.3, -0.25) is 4.98 Å². The monoisotopic (exact) mass is 264 g/mol. The van der Waals surface area contributed by atoms with E-state index in [1.54, 1.807) is 0 Å². The molecule has 1 aliphatic rings. The van der Waals surface area contributed by atoms with Gasteiger partial charge in [0, 0.05) is 35.7 Å². The summed E-state index contributed by atoms with van der Waals surface area (Å²) in [6, 6.07) is 12.7. The molecule has 2 heterocycles. The lowest BCUT2D eigenvalue weighted by molar-refractivity contribution is 1.11. The van der Waals surface area contributed by atoms with E-state index in [1.165, 1.54) is 32.3 Å². The van der Waals surface area contributed by atoms with Gasteiger partial charge < -0.3 is 0 Å². The Kier molecular flexibility index (Phi) is 2.45. The molecule has 1 aliphatic carbocycles. The number of aromatic nitrogens is 2. The Balaban J connectivity index is 1.69. The fourth-order valence-electron chi connectivity index (χ4n) is 2.56. The molecule has 3 aromatic rings. The number of hydrogen-bond donors (Lipinski definition) is 0. The zero-order valence-corrected chi connectivity index (χ0v) is 11.2. The molecule has 0 fully saturated rings. The highest BCUT2D eigenvalue weighted by Gasteiger charge is 2.22. The molecule has 19 heavy (non-hydrogen) atoms. The minimum atomic E-state index is 0.883. The maximum atomic E-state index is 4.82. The minimum Gasteiger partial charge on any atom is -0.264 e. The Labute approximate surface area is 115 Å². The fraction of sp³-hybridized carbons (Fsp3) is 0.125. The van der Waals surface area contributed by atoms with Crippen LogP contribution in [0.2, 0.25) is 0 Å². The van der Waals surface area contributed by atoms with Gasteiger partial charge in [0.05, 0.1) is 10.7 Å². The first kappa shape index (κ1) is 10.9. The average molecular weight is 264 g/mol. The predicted molar refractivity (Wildman–Crippen MR) is 77.4 cm³/mol. The second-order valence-electron chi connectivity index (χ2n) is 4.75. The Morgan fingerprint density at radius 1 is 1.11 bits per heavy atom. The van der Waals surface area contributed by atoms with E-state index >= 15 is 0 Å². The van der Waals surface area contributed by atoms with Crippen molar-refractivity contribution in [2.24, 2.45) is 0 Å². The molecule has 2 nitrogen and oxygen atoms in total. The molecule has 4 rings (SSSR count). The van der Waals surface area contributed by atoms with Crippen molar-refractivity contribution in [2.75, 3.05) is 0 Å². The van der Waals surface area contributed by atoms with E-state index in [0.29, 0.717) is 0 Å². The van der Waals surface area contributed by atoms with Gasteiger partial charge in [-0.05, 0) is 17.2 Å². The SMILES string of the molecule is c1cncc(Cc2nc3c(s2)Cc2ccccc2-3)c1. The molecule has 0 atom stereocenters. The topological polar surface area (TPSA) is 25.8 Å². The van der Waals surface area contributed by atoms with E-state index in [1.807, 2.05) is 29.8 Å². The van der Waals surface area contributed by atoms with Crippen molar-refractivity contribution in [1.29, 1.82) is 0 Å². The van der Waals surface area contributed by atoms with E-state index in [4.69, 9.17) is 4.98 Å². The largest absolute Gasteiger partial charge is 0.264 e. The Morgan fingerprint density at radius 2 is 2.05 bits per heavy atom. The highest BCUT2D eigenvalue weighted by Crippen LogP contribution is 2.39. The van der Waals surface area contributed by atoms with Crippen LogP contribution in [-0.4, -0.2) is 9.97 Å². The van der Waals surface area contributed by atoms with Crippen LogP contribution in [0.15, 0.2) is 48.8 Å². The zero-order chi connectivity index (χ0) is 12.7. The summed E-state index contributed by atoms with van der Waals surface area (Å²) in [6.07, 6.45) is 5.64. The lowest BCUT2D eigenvalue weighted by atomic mass is 10.1. The van der Waals surface area contributed by atoms with Gasteiger partial charge in [-0.2, -0.15) is 0 Å². The van der Waals surface area contributed by atoms with Gasteiger partial charge in [0.1, 0.15) is 0 Å². The van der Waals surface area contributed by atoms with Gasteiger partial charge in [0.15, 0.2) is 0 Å². The van der Waals surface area contributed by atoms with E-state index in [9.17, 15) is 0 Å². The molecule has 0 amide bonds. The van der Waals surface area contributed by atoms with Gasteiger partial charge in [0.2, 0.25) is 0 Å². The van der Waals surface area contributed by atoms with Gasteiger partial charge in [0.25, 0.3) is 0 Å². The van der Waals surface area contributed by atoms with Crippen molar-refractivity contribution in [3.8, 4) is 11.3 Å². The lowest BCUT2D eigenvalue weighted by Gasteiger charge is -1.99. The minimum absolute atomic E-state index is 0.883. The van der Waals surface area contributed by atoms with Crippen LogP contribution in [0.25, 0.3) is 11.3 Å². The van der Waals surface area contributed by atoms with Crippen LogP contribution in [0.1, 0.15) is 21.0 Å². The van der Waals surface area contributed by atoms with Crippen molar-refractivity contribution in [1.82, 2.24) is 9.97 Å². The molecule has 0 aliphatic heterocycles. The maximum Gasteiger partial charge on any atom is 0.0980 e. The Hall–Kier alpha value is -2.00. The first-order valence-electron chi connectivity index (χ1n) is 6.36. The van der Waals surface area contributed by atoms with Gasteiger partial charge >= 0.3 is 0 Å². The highest BCUT2D eigenvalue weighted by molar-refractivity contribution is 7.12. The van der Waals surface area contributed by atoms with Gasteiger partial charge in [-0.25, -0.2) is 4.98 Å². The maximum absolute atomic E-state index is 4.82. The summed E-state index contributed by atoms with van der Waals surface area (Å²) in [5.41, 5.74) is 5.14. The molecule has 0 spiro atoms. The molecule has 0 unspecified atom stereocenters. The Bertz CT molecular complexity index is 732. The predicted octanol–water partition coefficient (Wildman–Crippen LogP) is 3.70. The molecular formula is C16H12N2S. The molecular weight excluding hydrogens is 252 g/mol. The number of nitrogens with zero attached hydrogens (tertiary/aromatic N) is 2. The van der Waals surface area contributed by atoms with Crippen molar-refractivity contribution < 1.29 is 0 Å². The van der Waals surface area contributed by atoms with Crippen LogP contribution in [0.4, 0.5) is 0 Å².